The Morgan fingerprint density at radius 3 is 2.68 bits per heavy atom. The molecule has 6 heteroatoms. The molecule has 2 aliphatic rings. The maximum absolute atomic E-state index is 12.2. The molecular formula is C13H15N3O2S. The number of rotatable bonds is 3. The van der Waals surface area contributed by atoms with E-state index >= 15 is 0 Å². The van der Waals surface area contributed by atoms with Gasteiger partial charge in [0.15, 0.2) is 0 Å². The van der Waals surface area contributed by atoms with E-state index in [0.29, 0.717) is 11.8 Å². The van der Waals surface area contributed by atoms with Crippen molar-refractivity contribution in [1.29, 1.82) is 5.26 Å². The van der Waals surface area contributed by atoms with Gasteiger partial charge in [0.05, 0.1) is 0 Å². The lowest BCUT2D eigenvalue weighted by molar-refractivity contribution is 0.390. The van der Waals surface area contributed by atoms with Gasteiger partial charge in [0.25, 0.3) is 0 Å². The van der Waals surface area contributed by atoms with Crippen molar-refractivity contribution in [3.05, 3.63) is 24.0 Å². The van der Waals surface area contributed by atoms with E-state index in [1.165, 1.54) is 24.8 Å². The lowest BCUT2D eigenvalue weighted by Crippen LogP contribution is -2.38. The van der Waals surface area contributed by atoms with Gasteiger partial charge in [-0.1, -0.05) is 6.42 Å². The second-order valence-corrected chi connectivity index (χ2v) is 7.11. The fourth-order valence-electron chi connectivity index (χ4n) is 3.26. The van der Waals surface area contributed by atoms with Crippen LogP contribution in [0, 0.1) is 23.2 Å². The first-order chi connectivity index (χ1) is 9.08. The van der Waals surface area contributed by atoms with Crippen LogP contribution in [0.5, 0.6) is 0 Å². The third-order valence-electron chi connectivity index (χ3n) is 4.21. The molecule has 1 heterocycles. The summed E-state index contributed by atoms with van der Waals surface area (Å²) in [7, 11) is -3.51. The number of nitriles is 1. The van der Waals surface area contributed by atoms with Crippen molar-refractivity contribution in [2.24, 2.45) is 11.8 Å². The lowest BCUT2D eigenvalue weighted by atomic mass is 9.96. The number of nitrogens with one attached hydrogen (secondary N) is 1. The highest BCUT2D eigenvalue weighted by atomic mass is 32.2. The second kappa shape index (κ2) is 4.58. The number of hydrogen-bond acceptors (Lipinski definition) is 4. The molecule has 0 spiro atoms. The van der Waals surface area contributed by atoms with Crippen LogP contribution in [0.1, 0.15) is 31.4 Å². The van der Waals surface area contributed by atoms with Crippen LogP contribution in [0.4, 0.5) is 0 Å². The van der Waals surface area contributed by atoms with Gasteiger partial charge in [0.2, 0.25) is 10.0 Å². The number of pyridine rings is 1. The highest BCUT2D eigenvalue weighted by Crippen LogP contribution is 2.44. The molecule has 100 valence electrons. The van der Waals surface area contributed by atoms with Crippen LogP contribution >= 0.6 is 0 Å². The Balaban J connectivity index is 1.77. The van der Waals surface area contributed by atoms with E-state index in [2.05, 4.69) is 9.71 Å². The molecule has 3 unspecified atom stereocenters. The Bertz CT molecular complexity index is 618. The van der Waals surface area contributed by atoms with Crippen LogP contribution in [-0.2, 0) is 10.0 Å². The van der Waals surface area contributed by atoms with Crippen LogP contribution in [0.2, 0.25) is 0 Å². The molecule has 0 radical (unpaired) electrons. The molecule has 1 aromatic heterocycles. The molecule has 2 saturated carbocycles. The van der Waals surface area contributed by atoms with Gasteiger partial charge in [-0.15, -0.1) is 0 Å². The van der Waals surface area contributed by atoms with E-state index in [-0.39, 0.29) is 16.6 Å². The average molecular weight is 277 g/mol. The molecule has 3 rings (SSSR count). The van der Waals surface area contributed by atoms with Crippen LogP contribution in [0.3, 0.4) is 0 Å². The number of fused-ring (bicyclic) bond motifs is 2. The quantitative estimate of drug-likeness (QED) is 0.905. The highest BCUT2D eigenvalue weighted by Gasteiger charge is 2.41. The lowest BCUT2D eigenvalue weighted by Gasteiger charge is -2.22. The largest absolute Gasteiger partial charge is 0.244 e. The van der Waals surface area contributed by atoms with Gasteiger partial charge in [-0.3, -0.25) is 0 Å². The Hall–Kier alpha value is -1.45. The van der Waals surface area contributed by atoms with Crippen molar-refractivity contribution in [2.45, 2.75) is 36.6 Å². The first-order valence-corrected chi connectivity index (χ1v) is 7.95. The van der Waals surface area contributed by atoms with Gasteiger partial charge in [-0.25, -0.2) is 18.1 Å². The maximum Gasteiger partial charge on any atom is 0.242 e. The van der Waals surface area contributed by atoms with Crippen molar-refractivity contribution in [3.8, 4) is 6.07 Å². The molecule has 5 nitrogen and oxygen atoms in total. The minimum absolute atomic E-state index is 0.0689. The number of nitrogens with zero attached hydrogens (tertiary/aromatic N) is 2. The zero-order valence-electron chi connectivity index (χ0n) is 10.4. The monoisotopic (exact) mass is 277 g/mol. The third kappa shape index (κ3) is 2.36. The van der Waals surface area contributed by atoms with Crippen molar-refractivity contribution >= 4 is 10.0 Å². The van der Waals surface area contributed by atoms with E-state index in [1.54, 1.807) is 0 Å². The summed E-state index contributed by atoms with van der Waals surface area (Å²) in [5.74, 6) is 1.18. The molecule has 0 aliphatic heterocycles. The molecule has 0 aromatic carbocycles. The molecule has 2 bridgehead atoms. The van der Waals surface area contributed by atoms with E-state index in [0.717, 1.165) is 19.3 Å². The molecule has 0 amide bonds. The van der Waals surface area contributed by atoms with Crippen molar-refractivity contribution < 1.29 is 8.42 Å². The fourth-order valence-corrected chi connectivity index (χ4v) is 4.52. The molecule has 2 aliphatic carbocycles. The minimum Gasteiger partial charge on any atom is -0.244 e. The summed E-state index contributed by atoms with van der Waals surface area (Å²) < 4.78 is 27.2. The van der Waals surface area contributed by atoms with E-state index < -0.39 is 10.0 Å². The standard InChI is InChI=1S/C13H15N3O2S/c14-7-11-3-4-12(8-15-11)19(17,18)16-13-6-9-1-2-10(13)5-9/h3-4,8-10,13,16H,1-2,5-6H2. The molecule has 19 heavy (non-hydrogen) atoms. The maximum atomic E-state index is 12.2. The van der Waals surface area contributed by atoms with Crippen LogP contribution in [-0.4, -0.2) is 19.4 Å². The Morgan fingerprint density at radius 2 is 2.16 bits per heavy atom. The van der Waals surface area contributed by atoms with Crippen molar-refractivity contribution in [1.82, 2.24) is 9.71 Å². The van der Waals surface area contributed by atoms with E-state index in [9.17, 15) is 8.42 Å². The van der Waals surface area contributed by atoms with Crippen LogP contribution in [0.15, 0.2) is 23.2 Å². The van der Waals surface area contributed by atoms with Gasteiger partial charge < -0.3 is 0 Å². The first-order valence-electron chi connectivity index (χ1n) is 6.47. The van der Waals surface area contributed by atoms with Gasteiger partial charge in [0, 0.05) is 12.2 Å². The summed E-state index contributed by atoms with van der Waals surface area (Å²) in [6.07, 6.45) is 5.71. The topological polar surface area (TPSA) is 82.8 Å². The Labute approximate surface area is 112 Å². The minimum atomic E-state index is -3.51. The highest BCUT2D eigenvalue weighted by molar-refractivity contribution is 7.89. The summed E-state index contributed by atoms with van der Waals surface area (Å²) >= 11 is 0. The van der Waals surface area contributed by atoms with Gasteiger partial charge in [-0.05, 0) is 43.2 Å². The van der Waals surface area contributed by atoms with Gasteiger partial charge in [-0.2, -0.15) is 5.26 Å². The summed E-state index contributed by atoms with van der Waals surface area (Å²) in [6.45, 7) is 0. The zero-order valence-corrected chi connectivity index (χ0v) is 11.2. The first kappa shape index (κ1) is 12.6. The number of hydrogen-bond donors (Lipinski definition) is 1. The molecule has 1 N–H and O–H groups in total. The predicted octanol–water partition coefficient (Wildman–Crippen LogP) is 1.42. The second-order valence-electron chi connectivity index (χ2n) is 5.39. The normalized spacial score (nSPS) is 29.3. The smallest absolute Gasteiger partial charge is 0.242 e. The number of aromatic nitrogens is 1. The van der Waals surface area contributed by atoms with Gasteiger partial charge in [0.1, 0.15) is 16.7 Å². The molecular weight excluding hydrogens is 262 g/mol. The average Bonchev–Trinajstić information content (AvgIpc) is 3.00. The third-order valence-corrected chi connectivity index (χ3v) is 5.68. The molecule has 2 fully saturated rings. The molecule has 0 saturated heterocycles. The van der Waals surface area contributed by atoms with Crippen LogP contribution in [0.25, 0.3) is 0 Å². The molecule has 3 atom stereocenters. The van der Waals surface area contributed by atoms with E-state index in [1.807, 2.05) is 6.07 Å². The summed E-state index contributed by atoms with van der Waals surface area (Å²) in [5.41, 5.74) is 0.221. The Morgan fingerprint density at radius 1 is 1.32 bits per heavy atom. The van der Waals surface area contributed by atoms with Gasteiger partial charge >= 0.3 is 0 Å². The number of sulfonamides is 1. The van der Waals surface area contributed by atoms with Crippen molar-refractivity contribution in [2.75, 3.05) is 0 Å². The zero-order chi connectivity index (χ0) is 13.5. The van der Waals surface area contributed by atoms with Crippen molar-refractivity contribution in [3.63, 3.8) is 0 Å². The predicted molar refractivity (Wildman–Crippen MR) is 68.5 cm³/mol. The summed E-state index contributed by atoms with van der Waals surface area (Å²) in [4.78, 5) is 3.94. The Kier molecular flexibility index (Phi) is 3.03. The van der Waals surface area contributed by atoms with E-state index in [4.69, 9.17) is 5.26 Å². The summed E-state index contributed by atoms with van der Waals surface area (Å²) in [5, 5.41) is 8.66. The fraction of sp³-hybridized carbons (Fsp3) is 0.538. The molecule has 1 aromatic rings. The summed E-state index contributed by atoms with van der Waals surface area (Å²) in [6, 6.07) is 4.80. The SMILES string of the molecule is N#Cc1ccc(S(=O)(=O)NC2CC3CCC2C3)cn1. The van der Waals surface area contributed by atoms with Crippen LogP contribution < -0.4 is 4.72 Å².